The summed E-state index contributed by atoms with van der Waals surface area (Å²) in [5.41, 5.74) is 1.80. The normalized spacial score (nSPS) is 19.8. The van der Waals surface area contributed by atoms with E-state index in [2.05, 4.69) is 5.32 Å². The van der Waals surface area contributed by atoms with Crippen LogP contribution in [0.1, 0.15) is 23.6 Å². The summed E-state index contributed by atoms with van der Waals surface area (Å²) in [4.78, 5) is 27.1. The molecular formula is C22H20N2O2. The highest BCUT2D eigenvalue weighted by molar-refractivity contribution is 6.09. The Hall–Kier alpha value is -3.14. The van der Waals surface area contributed by atoms with Gasteiger partial charge in [-0.05, 0) is 35.7 Å². The first kappa shape index (κ1) is 16.3. The Kier molecular flexibility index (Phi) is 3.76. The van der Waals surface area contributed by atoms with Crippen molar-refractivity contribution >= 4 is 22.7 Å². The molecule has 4 nitrogen and oxygen atoms in total. The van der Waals surface area contributed by atoms with Crippen molar-refractivity contribution in [2.24, 2.45) is 0 Å². The van der Waals surface area contributed by atoms with Crippen LogP contribution in [-0.4, -0.2) is 16.8 Å². The summed E-state index contributed by atoms with van der Waals surface area (Å²) in [6.07, 6.45) is 0. The van der Waals surface area contributed by atoms with E-state index in [1.54, 1.807) is 6.92 Å². The van der Waals surface area contributed by atoms with Crippen molar-refractivity contribution < 1.29 is 9.59 Å². The van der Waals surface area contributed by atoms with Gasteiger partial charge in [-0.3, -0.25) is 9.69 Å². The van der Waals surface area contributed by atoms with Crippen molar-refractivity contribution in [1.82, 2.24) is 10.2 Å². The van der Waals surface area contributed by atoms with Crippen LogP contribution in [0.4, 0.5) is 4.79 Å². The van der Waals surface area contributed by atoms with Crippen LogP contribution in [-0.2, 0) is 16.9 Å². The number of imide groups is 1. The van der Waals surface area contributed by atoms with E-state index in [4.69, 9.17) is 0 Å². The van der Waals surface area contributed by atoms with E-state index < -0.39 is 5.54 Å². The van der Waals surface area contributed by atoms with Crippen molar-refractivity contribution in [2.75, 3.05) is 0 Å². The third-order valence-corrected chi connectivity index (χ3v) is 5.03. The van der Waals surface area contributed by atoms with Crippen LogP contribution in [0.3, 0.4) is 0 Å². The van der Waals surface area contributed by atoms with E-state index >= 15 is 0 Å². The SMILES string of the molecule is Cc1cccc(CN2C(=O)N[C@@](C)(c3cccc4ccccc34)C2=O)c1. The van der Waals surface area contributed by atoms with Gasteiger partial charge >= 0.3 is 6.03 Å². The lowest BCUT2D eigenvalue weighted by Gasteiger charge is -2.24. The van der Waals surface area contributed by atoms with Gasteiger partial charge in [0.05, 0.1) is 6.54 Å². The fraction of sp³-hybridized carbons (Fsp3) is 0.182. The highest BCUT2D eigenvalue weighted by atomic mass is 16.2. The minimum absolute atomic E-state index is 0.222. The smallest absolute Gasteiger partial charge is 0.319 e. The molecule has 1 aliphatic heterocycles. The minimum Gasteiger partial charge on any atom is -0.319 e. The van der Waals surface area contributed by atoms with Crippen LogP contribution < -0.4 is 5.32 Å². The summed E-state index contributed by atoms with van der Waals surface area (Å²) < 4.78 is 0. The Labute approximate surface area is 152 Å². The molecule has 4 rings (SSSR count). The number of hydrogen-bond acceptors (Lipinski definition) is 2. The van der Waals surface area contributed by atoms with Crippen LogP contribution in [0.5, 0.6) is 0 Å². The third-order valence-electron chi connectivity index (χ3n) is 5.03. The topological polar surface area (TPSA) is 49.4 Å². The van der Waals surface area contributed by atoms with Gasteiger partial charge in [-0.2, -0.15) is 0 Å². The molecule has 0 aromatic heterocycles. The van der Waals surface area contributed by atoms with Crippen LogP contribution in [0, 0.1) is 6.92 Å². The monoisotopic (exact) mass is 344 g/mol. The molecule has 4 heteroatoms. The van der Waals surface area contributed by atoms with Crippen molar-refractivity contribution in [1.29, 1.82) is 0 Å². The molecule has 3 aromatic carbocycles. The van der Waals surface area contributed by atoms with Crippen LogP contribution >= 0.6 is 0 Å². The number of aryl methyl sites for hydroxylation is 1. The summed E-state index contributed by atoms with van der Waals surface area (Å²) in [6.45, 7) is 4.05. The average Bonchev–Trinajstić information content (AvgIpc) is 2.85. The van der Waals surface area contributed by atoms with Gasteiger partial charge in [0.1, 0.15) is 5.54 Å². The summed E-state index contributed by atoms with van der Waals surface area (Å²) in [6, 6.07) is 21.3. The van der Waals surface area contributed by atoms with Crippen molar-refractivity contribution in [3.8, 4) is 0 Å². The molecule has 1 aliphatic rings. The number of nitrogens with zero attached hydrogens (tertiary/aromatic N) is 1. The second-order valence-electron chi connectivity index (χ2n) is 6.96. The van der Waals surface area contributed by atoms with E-state index in [9.17, 15) is 9.59 Å². The number of hydrogen-bond donors (Lipinski definition) is 1. The number of rotatable bonds is 3. The standard InChI is InChI=1S/C22H20N2O2/c1-15-7-5-8-16(13-15)14-24-20(25)22(2,23-21(24)26)19-12-6-10-17-9-3-4-11-18(17)19/h3-13H,14H2,1-2H3,(H,23,26)/t22-/m0/s1. The number of amides is 3. The lowest BCUT2D eigenvalue weighted by Crippen LogP contribution is -2.41. The number of benzene rings is 3. The summed E-state index contributed by atoms with van der Waals surface area (Å²) in [5.74, 6) is -0.222. The molecule has 0 radical (unpaired) electrons. The zero-order valence-corrected chi connectivity index (χ0v) is 14.8. The third kappa shape index (κ3) is 2.54. The summed E-state index contributed by atoms with van der Waals surface area (Å²) in [7, 11) is 0. The molecule has 0 aliphatic carbocycles. The molecule has 1 heterocycles. The van der Waals surface area contributed by atoms with E-state index in [0.717, 1.165) is 27.5 Å². The zero-order chi connectivity index (χ0) is 18.3. The molecule has 1 N–H and O–H groups in total. The molecule has 0 spiro atoms. The molecule has 130 valence electrons. The Morgan fingerprint density at radius 2 is 1.69 bits per heavy atom. The van der Waals surface area contributed by atoms with Crippen LogP contribution in [0.25, 0.3) is 10.8 Å². The molecule has 0 unspecified atom stereocenters. The van der Waals surface area contributed by atoms with E-state index in [-0.39, 0.29) is 18.5 Å². The Bertz CT molecular complexity index is 1020. The maximum absolute atomic E-state index is 13.2. The molecule has 26 heavy (non-hydrogen) atoms. The van der Waals surface area contributed by atoms with Crippen molar-refractivity contribution in [3.63, 3.8) is 0 Å². The first-order valence-corrected chi connectivity index (χ1v) is 8.67. The summed E-state index contributed by atoms with van der Waals surface area (Å²) in [5, 5.41) is 4.93. The number of carbonyl (C=O) groups excluding carboxylic acids is 2. The largest absolute Gasteiger partial charge is 0.325 e. The number of nitrogens with one attached hydrogen (secondary N) is 1. The van der Waals surface area contributed by atoms with Gasteiger partial charge in [0.25, 0.3) is 5.91 Å². The van der Waals surface area contributed by atoms with Crippen LogP contribution in [0.2, 0.25) is 0 Å². The van der Waals surface area contributed by atoms with Gasteiger partial charge in [0.2, 0.25) is 0 Å². The molecule has 1 fully saturated rings. The molecule has 1 atom stereocenters. The molecular weight excluding hydrogens is 324 g/mol. The molecule has 3 aromatic rings. The average molecular weight is 344 g/mol. The molecule has 0 bridgehead atoms. The molecule has 3 amide bonds. The fourth-order valence-corrected chi connectivity index (χ4v) is 3.68. The first-order valence-electron chi connectivity index (χ1n) is 8.67. The van der Waals surface area contributed by atoms with E-state index in [0.29, 0.717) is 0 Å². The van der Waals surface area contributed by atoms with Crippen molar-refractivity contribution in [2.45, 2.75) is 25.9 Å². The lowest BCUT2D eigenvalue weighted by atomic mass is 9.88. The highest BCUT2D eigenvalue weighted by Gasteiger charge is 2.49. The number of carbonyl (C=O) groups is 2. The summed E-state index contributed by atoms with van der Waals surface area (Å²) >= 11 is 0. The van der Waals surface area contributed by atoms with Gasteiger partial charge in [0.15, 0.2) is 0 Å². The molecule has 0 saturated carbocycles. The number of urea groups is 1. The second-order valence-corrected chi connectivity index (χ2v) is 6.96. The molecule has 1 saturated heterocycles. The Morgan fingerprint density at radius 3 is 2.50 bits per heavy atom. The van der Waals surface area contributed by atoms with Crippen LogP contribution in [0.15, 0.2) is 66.7 Å². The Balaban J connectivity index is 1.73. The van der Waals surface area contributed by atoms with Gasteiger partial charge in [-0.1, -0.05) is 72.3 Å². The fourth-order valence-electron chi connectivity index (χ4n) is 3.68. The van der Waals surface area contributed by atoms with E-state index in [1.165, 1.54) is 4.90 Å². The lowest BCUT2D eigenvalue weighted by molar-refractivity contribution is -0.131. The van der Waals surface area contributed by atoms with Gasteiger partial charge < -0.3 is 5.32 Å². The maximum atomic E-state index is 13.2. The van der Waals surface area contributed by atoms with E-state index in [1.807, 2.05) is 73.7 Å². The van der Waals surface area contributed by atoms with Crippen molar-refractivity contribution in [3.05, 3.63) is 83.4 Å². The maximum Gasteiger partial charge on any atom is 0.325 e. The van der Waals surface area contributed by atoms with Gasteiger partial charge in [0, 0.05) is 0 Å². The second kappa shape index (κ2) is 5.99. The highest BCUT2D eigenvalue weighted by Crippen LogP contribution is 2.34. The predicted octanol–water partition coefficient (Wildman–Crippen LogP) is 4.12. The zero-order valence-electron chi connectivity index (χ0n) is 14.8. The van der Waals surface area contributed by atoms with Gasteiger partial charge in [-0.15, -0.1) is 0 Å². The predicted molar refractivity (Wildman–Crippen MR) is 102 cm³/mol. The Morgan fingerprint density at radius 1 is 0.962 bits per heavy atom. The quantitative estimate of drug-likeness (QED) is 0.727. The minimum atomic E-state index is -1.07. The van der Waals surface area contributed by atoms with Gasteiger partial charge in [-0.25, -0.2) is 4.79 Å². The first-order chi connectivity index (χ1) is 12.5. The number of fused-ring (bicyclic) bond motifs is 1.